The van der Waals surface area contributed by atoms with Crippen molar-refractivity contribution in [3.63, 3.8) is 0 Å². The molecule has 8 heteroatoms. The van der Waals surface area contributed by atoms with E-state index < -0.39 is 11.9 Å². The maximum Gasteiger partial charge on any atom is 0.307 e. The van der Waals surface area contributed by atoms with Crippen molar-refractivity contribution < 1.29 is 34.1 Å². The number of carboxylic acid groups (broad SMARTS) is 2. The Balaban J connectivity index is 1.23. The highest BCUT2D eigenvalue weighted by atomic mass is 16.5. The first-order chi connectivity index (χ1) is 27.4. The van der Waals surface area contributed by atoms with Crippen molar-refractivity contribution in [2.45, 2.75) is 58.9 Å². The van der Waals surface area contributed by atoms with E-state index in [1.165, 1.54) is 0 Å². The summed E-state index contributed by atoms with van der Waals surface area (Å²) in [4.78, 5) is 37.7. The van der Waals surface area contributed by atoms with Crippen LogP contribution in [-0.2, 0) is 42.2 Å². The zero-order valence-electron chi connectivity index (χ0n) is 32.5. The van der Waals surface area contributed by atoms with Gasteiger partial charge in [0.2, 0.25) is 0 Å². The monoisotopic (exact) mass is 761 g/mol. The van der Waals surface area contributed by atoms with Crippen LogP contribution in [0.2, 0.25) is 0 Å². The van der Waals surface area contributed by atoms with Gasteiger partial charge in [-0.3, -0.25) is 19.3 Å². The van der Waals surface area contributed by atoms with Crippen LogP contribution in [0.3, 0.4) is 0 Å². The standard InChI is InChI=1S/C49H47NO7/c1-49(2,3)50(31-46(51)41-7-5-4-6-8-41)30-38-25-42(39-17-21-44(22-18-39)56-32-36-13-9-34(10-14-36)27-47(52)53)29-43(26-38)40-19-23-45(24-20-40)57-33-37-15-11-35(12-16-37)28-48(54)55/h4-26,29H,27-28,30-33H2,1-3H3,(H,52,53)(H,54,55). The Bertz CT molecular complexity index is 2150. The summed E-state index contributed by atoms with van der Waals surface area (Å²) in [6.45, 7) is 7.93. The van der Waals surface area contributed by atoms with E-state index in [-0.39, 0.29) is 30.7 Å². The van der Waals surface area contributed by atoms with Gasteiger partial charge >= 0.3 is 11.9 Å². The molecule has 2 N–H and O–H groups in total. The molecule has 0 unspecified atom stereocenters. The van der Waals surface area contributed by atoms with E-state index in [0.29, 0.717) is 25.3 Å². The van der Waals surface area contributed by atoms with Crippen LogP contribution in [-0.4, -0.2) is 44.9 Å². The van der Waals surface area contributed by atoms with Crippen molar-refractivity contribution in [3.8, 4) is 33.8 Å². The molecular weight excluding hydrogens is 715 g/mol. The first kappa shape index (κ1) is 40.2. The van der Waals surface area contributed by atoms with E-state index in [4.69, 9.17) is 19.7 Å². The smallest absolute Gasteiger partial charge is 0.307 e. The maximum atomic E-state index is 13.4. The Morgan fingerprint density at radius 3 is 1.33 bits per heavy atom. The SMILES string of the molecule is CC(C)(C)N(CC(=O)c1ccccc1)Cc1cc(-c2ccc(OCc3ccc(CC(=O)O)cc3)cc2)cc(-c2ccc(OCc3ccc(CC(=O)O)cc3)cc2)c1. The van der Waals surface area contributed by atoms with Gasteiger partial charge in [0, 0.05) is 17.6 Å². The number of hydrogen-bond donors (Lipinski definition) is 2. The second kappa shape index (κ2) is 18.4. The predicted octanol–water partition coefficient (Wildman–Crippen LogP) is 9.92. The van der Waals surface area contributed by atoms with E-state index in [9.17, 15) is 14.4 Å². The van der Waals surface area contributed by atoms with E-state index in [1.807, 2.05) is 127 Å². The van der Waals surface area contributed by atoms with Crippen LogP contribution in [0, 0.1) is 0 Å². The molecule has 0 spiro atoms. The van der Waals surface area contributed by atoms with Gasteiger partial charge in [0.15, 0.2) is 5.78 Å². The summed E-state index contributed by atoms with van der Waals surface area (Å²) in [5.41, 5.74) is 8.93. The minimum atomic E-state index is -0.860. The van der Waals surface area contributed by atoms with Gasteiger partial charge in [0.25, 0.3) is 0 Å². The number of benzene rings is 6. The quantitative estimate of drug-likeness (QED) is 0.0884. The lowest BCUT2D eigenvalue weighted by molar-refractivity contribution is -0.137. The Kier molecular flexibility index (Phi) is 13.0. The third-order valence-electron chi connectivity index (χ3n) is 9.69. The summed E-state index contributed by atoms with van der Waals surface area (Å²) < 4.78 is 12.1. The molecule has 0 saturated carbocycles. The number of Topliss-reactive ketones (excluding diaryl/α,β-unsaturated/α-hetero) is 1. The number of ketones is 1. The summed E-state index contributed by atoms with van der Waals surface area (Å²) in [5.74, 6) is -0.216. The predicted molar refractivity (Wildman–Crippen MR) is 222 cm³/mol. The molecule has 0 amide bonds. The highest BCUT2D eigenvalue weighted by Crippen LogP contribution is 2.32. The number of carbonyl (C=O) groups is 3. The van der Waals surface area contributed by atoms with Crippen LogP contribution >= 0.6 is 0 Å². The number of carbonyl (C=O) groups excluding carboxylic acids is 1. The minimum absolute atomic E-state index is 0.0133. The van der Waals surface area contributed by atoms with E-state index in [0.717, 1.165) is 61.6 Å². The summed E-state index contributed by atoms with van der Waals surface area (Å²) in [7, 11) is 0. The van der Waals surface area contributed by atoms with Crippen LogP contribution in [0.5, 0.6) is 11.5 Å². The molecule has 290 valence electrons. The van der Waals surface area contributed by atoms with Gasteiger partial charge in [-0.2, -0.15) is 0 Å². The molecule has 0 bridgehead atoms. The lowest BCUT2D eigenvalue weighted by Crippen LogP contribution is -2.43. The molecule has 0 atom stereocenters. The molecule has 57 heavy (non-hydrogen) atoms. The van der Waals surface area contributed by atoms with Crippen molar-refractivity contribution in [1.82, 2.24) is 4.90 Å². The molecule has 0 saturated heterocycles. The summed E-state index contributed by atoms with van der Waals surface area (Å²) in [6, 6.07) is 46.7. The summed E-state index contributed by atoms with van der Waals surface area (Å²) in [6.07, 6.45) is -0.0267. The average Bonchev–Trinajstić information content (AvgIpc) is 3.20. The van der Waals surface area contributed by atoms with Crippen LogP contribution in [0.4, 0.5) is 0 Å². The molecule has 6 aromatic rings. The number of hydrogen-bond acceptors (Lipinski definition) is 6. The second-order valence-electron chi connectivity index (χ2n) is 15.1. The summed E-state index contributed by atoms with van der Waals surface area (Å²) in [5, 5.41) is 18.1. The Labute approximate surface area is 334 Å². The molecule has 0 heterocycles. The second-order valence-corrected chi connectivity index (χ2v) is 15.1. The van der Waals surface area contributed by atoms with Gasteiger partial charge in [-0.25, -0.2) is 0 Å². The first-order valence-electron chi connectivity index (χ1n) is 18.9. The number of ether oxygens (including phenoxy) is 2. The minimum Gasteiger partial charge on any atom is -0.489 e. The average molecular weight is 762 g/mol. The molecule has 6 rings (SSSR count). The lowest BCUT2D eigenvalue weighted by Gasteiger charge is -2.35. The zero-order valence-corrected chi connectivity index (χ0v) is 32.5. The molecule has 0 aliphatic rings. The van der Waals surface area contributed by atoms with Crippen molar-refractivity contribution in [1.29, 1.82) is 0 Å². The topological polar surface area (TPSA) is 113 Å². The van der Waals surface area contributed by atoms with Crippen molar-refractivity contribution in [2.24, 2.45) is 0 Å². The zero-order chi connectivity index (χ0) is 40.4. The van der Waals surface area contributed by atoms with Crippen LogP contribution < -0.4 is 9.47 Å². The van der Waals surface area contributed by atoms with Crippen LogP contribution in [0.15, 0.2) is 146 Å². The Morgan fingerprint density at radius 2 is 0.930 bits per heavy atom. The molecule has 0 aliphatic carbocycles. The largest absolute Gasteiger partial charge is 0.489 e. The van der Waals surface area contributed by atoms with Gasteiger partial charge in [0.1, 0.15) is 24.7 Å². The molecule has 0 aromatic heterocycles. The molecule has 6 aromatic carbocycles. The molecule has 0 radical (unpaired) electrons. The molecule has 0 fully saturated rings. The maximum absolute atomic E-state index is 13.4. The van der Waals surface area contributed by atoms with Gasteiger partial charge < -0.3 is 19.7 Å². The van der Waals surface area contributed by atoms with E-state index >= 15 is 0 Å². The van der Waals surface area contributed by atoms with Crippen LogP contribution in [0.1, 0.15) is 58.9 Å². The fourth-order valence-electron chi connectivity index (χ4n) is 6.43. The van der Waals surface area contributed by atoms with Gasteiger partial charge in [-0.15, -0.1) is 0 Å². The number of carboxylic acids is 2. The van der Waals surface area contributed by atoms with Crippen molar-refractivity contribution >= 4 is 17.7 Å². The third kappa shape index (κ3) is 11.7. The summed E-state index contributed by atoms with van der Waals surface area (Å²) >= 11 is 0. The van der Waals surface area contributed by atoms with Gasteiger partial charge in [-0.1, -0.05) is 103 Å². The van der Waals surface area contributed by atoms with Crippen molar-refractivity contribution in [2.75, 3.05) is 6.54 Å². The normalized spacial score (nSPS) is 11.3. The fraction of sp³-hybridized carbons (Fsp3) is 0.204. The van der Waals surface area contributed by atoms with E-state index in [1.54, 1.807) is 0 Å². The Morgan fingerprint density at radius 1 is 0.509 bits per heavy atom. The number of nitrogens with zero attached hydrogens (tertiary/aromatic N) is 1. The van der Waals surface area contributed by atoms with E-state index in [2.05, 4.69) is 43.9 Å². The van der Waals surface area contributed by atoms with Gasteiger partial charge in [-0.05, 0) is 113 Å². The van der Waals surface area contributed by atoms with Crippen molar-refractivity contribution in [3.05, 3.63) is 179 Å². The number of aliphatic carboxylic acids is 2. The fourth-order valence-corrected chi connectivity index (χ4v) is 6.43. The lowest BCUT2D eigenvalue weighted by atomic mass is 9.94. The molecular formula is C49H47NO7. The molecule has 0 aliphatic heterocycles. The number of rotatable bonds is 17. The van der Waals surface area contributed by atoms with Crippen LogP contribution in [0.25, 0.3) is 22.3 Å². The molecule has 8 nitrogen and oxygen atoms in total. The van der Waals surface area contributed by atoms with Gasteiger partial charge in [0.05, 0.1) is 19.4 Å². The first-order valence-corrected chi connectivity index (χ1v) is 18.9. The highest BCUT2D eigenvalue weighted by Gasteiger charge is 2.25. The third-order valence-corrected chi connectivity index (χ3v) is 9.69. The Hall–Kier alpha value is -6.51. The highest BCUT2D eigenvalue weighted by molar-refractivity contribution is 5.97.